The van der Waals surface area contributed by atoms with E-state index in [4.69, 9.17) is 9.47 Å². The maximum atomic E-state index is 12.9. The number of carbonyl (C=O) groups is 1. The van der Waals surface area contributed by atoms with Crippen molar-refractivity contribution in [2.24, 2.45) is 0 Å². The summed E-state index contributed by atoms with van der Waals surface area (Å²) in [4.78, 5) is 15.2. The molecule has 154 valence electrons. The number of ether oxygens (including phenoxy) is 2. The van der Waals surface area contributed by atoms with E-state index in [0.717, 1.165) is 61.5 Å². The molecular formula is C24H30N2O3. The lowest BCUT2D eigenvalue weighted by atomic mass is 9.95. The van der Waals surface area contributed by atoms with E-state index in [-0.39, 0.29) is 17.4 Å². The van der Waals surface area contributed by atoms with Crippen molar-refractivity contribution in [3.63, 3.8) is 0 Å². The van der Waals surface area contributed by atoms with Crippen molar-refractivity contribution >= 4 is 5.91 Å². The van der Waals surface area contributed by atoms with Gasteiger partial charge in [-0.15, -0.1) is 0 Å². The molecule has 2 aromatic carbocycles. The predicted octanol–water partition coefficient (Wildman–Crippen LogP) is 3.52. The zero-order valence-corrected chi connectivity index (χ0v) is 17.3. The van der Waals surface area contributed by atoms with E-state index >= 15 is 0 Å². The van der Waals surface area contributed by atoms with Crippen LogP contribution in [-0.2, 0) is 16.8 Å². The number of rotatable bonds is 7. The summed E-state index contributed by atoms with van der Waals surface area (Å²) in [6.07, 6.45) is 2.97. The SMILES string of the molecule is CC[C@H]1CN(CCNC(=O)C2(c3ccccc3)CC2)Cc2cc(OC)ccc2O1. The second kappa shape index (κ2) is 8.46. The Balaban J connectivity index is 1.38. The summed E-state index contributed by atoms with van der Waals surface area (Å²) >= 11 is 0. The van der Waals surface area contributed by atoms with Crippen molar-refractivity contribution in [3.8, 4) is 11.5 Å². The molecule has 0 radical (unpaired) electrons. The smallest absolute Gasteiger partial charge is 0.230 e. The minimum Gasteiger partial charge on any atom is -0.497 e. The Morgan fingerprint density at radius 3 is 2.72 bits per heavy atom. The van der Waals surface area contributed by atoms with E-state index in [1.165, 1.54) is 0 Å². The molecule has 1 aliphatic heterocycles. The highest BCUT2D eigenvalue weighted by atomic mass is 16.5. The largest absolute Gasteiger partial charge is 0.497 e. The van der Waals surface area contributed by atoms with Crippen LogP contribution in [0.4, 0.5) is 0 Å². The Kier molecular flexibility index (Phi) is 5.76. The molecule has 1 aliphatic carbocycles. The van der Waals surface area contributed by atoms with Gasteiger partial charge in [0, 0.05) is 31.7 Å². The van der Waals surface area contributed by atoms with Crippen LogP contribution in [0.2, 0.25) is 0 Å². The fraction of sp³-hybridized carbons (Fsp3) is 0.458. The molecule has 0 unspecified atom stereocenters. The second-order valence-corrected chi connectivity index (χ2v) is 8.06. The molecular weight excluding hydrogens is 364 g/mol. The molecule has 1 fully saturated rings. The molecule has 0 aromatic heterocycles. The topological polar surface area (TPSA) is 50.8 Å². The molecule has 0 spiro atoms. The number of nitrogens with one attached hydrogen (secondary N) is 1. The summed E-state index contributed by atoms with van der Waals surface area (Å²) in [6, 6.07) is 16.1. The average Bonchev–Trinajstić information content (AvgIpc) is 3.58. The number of carbonyl (C=O) groups excluding carboxylic acids is 1. The number of benzene rings is 2. The Hall–Kier alpha value is -2.53. The highest BCUT2D eigenvalue weighted by Gasteiger charge is 2.50. The van der Waals surface area contributed by atoms with Crippen LogP contribution in [0.5, 0.6) is 11.5 Å². The van der Waals surface area contributed by atoms with Gasteiger partial charge in [-0.25, -0.2) is 0 Å². The van der Waals surface area contributed by atoms with Crippen molar-refractivity contribution < 1.29 is 14.3 Å². The number of methoxy groups -OCH3 is 1. The Morgan fingerprint density at radius 2 is 2.03 bits per heavy atom. The minimum absolute atomic E-state index is 0.152. The van der Waals surface area contributed by atoms with Gasteiger partial charge >= 0.3 is 0 Å². The molecule has 1 N–H and O–H groups in total. The third kappa shape index (κ3) is 4.25. The Bertz CT molecular complexity index is 848. The number of hydrogen-bond donors (Lipinski definition) is 1. The summed E-state index contributed by atoms with van der Waals surface area (Å²) < 4.78 is 11.6. The van der Waals surface area contributed by atoms with Gasteiger partial charge in [0.25, 0.3) is 0 Å². The average molecular weight is 395 g/mol. The quantitative estimate of drug-likeness (QED) is 0.781. The monoisotopic (exact) mass is 394 g/mol. The molecule has 5 heteroatoms. The van der Waals surface area contributed by atoms with E-state index in [1.807, 2.05) is 36.4 Å². The van der Waals surface area contributed by atoms with Crippen LogP contribution in [0, 0.1) is 0 Å². The van der Waals surface area contributed by atoms with Crippen LogP contribution < -0.4 is 14.8 Å². The summed E-state index contributed by atoms with van der Waals surface area (Å²) in [5.41, 5.74) is 1.96. The van der Waals surface area contributed by atoms with Crippen LogP contribution in [0.3, 0.4) is 0 Å². The van der Waals surface area contributed by atoms with E-state index in [0.29, 0.717) is 6.54 Å². The van der Waals surface area contributed by atoms with Crippen LogP contribution >= 0.6 is 0 Å². The summed E-state index contributed by atoms with van der Waals surface area (Å²) in [5, 5.41) is 3.18. The second-order valence-electron chi connectivity index (χ2n) is 8.06. The van der Waals surface area contributed by atoms with Gasteiger partial charge in [0.2, 0.25) is 5.91 Å². The number of nitrogens with zero attached hydrogens (tertiary/aromatic N) is 1. The number of hydrogen-bond acceptors (Lipinski definition) is 4. The molecule has 0 bridgehead atoms. The van der Waals surface area contributed by atoms with Crippen LogP contribution in [0.15, 0.2) is 48.5 Å². The number of amides is 1. The lowest BCUT2D eigenvalue weighted by Gasteiger charge is -2.24. The fourth-order valence-electron chi connectivity index (χ4n) is 4.14. The van der Waals surface area contributed by atoms with Crippen molar-refractivity contribution in [3.05, 3.63) is 59.7 Å². The van der Waals surface area contributed by atoms with Gasteiger partial charge in [-0.3, -0.25) is 9.69 Å². The first kappa shape index (κ1) is 19.8. The summed E-state index contributed by atoms with van der Waals surface area (Å²) in [7, 11) is 1.68. The van der Waals surface area contributed by atoms with Crippen molar-refractivity contribution in [1.82, 2.24) is 10.2 Å². The van der Waals surface area contributed by atoms with Gasteiger partial charge in [0.1, 0.15) is 17.6 Å². The zero-order chi connectivity index (χ0) is 20.3. The van der Waals surface area contributed by atoms with E-state index in [9.17, 15) is 4.79 Å². The van der Waals surface area contributed by atoms with Crippen molar-refractivity contribution in [2.45, 2.75) is 44.2 Å². The molecule has 29 heavy (non-hydrogen) atoms. The standard InChI is InChI=1S/C24H30N2O3/c1-3-20-17-26(16-18-15-21(28-2)9-10-22(18)29-20)14-13-25-23(27)24(11-12-24)19-7-5-4-6-8-19/h4-10,15,20H,3,11-14,16-17H2,1-2H3,(H,25,27)/t20-/m0/s1. The lowest BCUT2D eigenvalue weighted by Crippen LogP contribution is -2.41. The van der Waals surface area contributed by atoms with Crippen molar-refractivity contribution in [2.75, 3.05) is 26.7 Å². The van der Waals surface area contributed by atoms with Gasteiger partial charge in [0.15, 0.2) is 0 Å². The van der Waals surface area contributed by atoms with Crippen LogP contribution in [-0.4, -0.2) is 43.7 Å². The first-order valence-electron chi connectivity index (χ1n) is 10.5. The molecule has 0 saturated heterocycles. The Morgan fingerprint density at radius 1 is 1.24 bits per heavy atom. The maximum Gasteiger partial charge on any atom is 0.230 e. The predicted molar refractivity (Wildman–Crippen MR) is 113 cm³/mol. The van der Waals surface area contributed by atoms with Crippen LogP contribution in [0.1, 0.15) is 37.3 Å². The molecule has 2 aromatic rings. The summed E-state index contributed by atoms with van der Waals surface area (Å²) in [6.45, 7) is 5.24. The van der Waals surface area contributed by atoms with Gasteiger partial charge < -0.3 is 14.8 Å². The molecule has 1 amide bonds. The lowest BCUT2D eigenvalue weighted by molar-refractivity contribution is -0.123. The highest BCUT2D eigenvalue weighted by molar-refractivity contribution is 5.91. The van der Waals surface area contributed by atoms with Crippen molar-refractivity contribution in [1.29, 1.82) is 0 Å². The van der Waals surface area contributed by atoms with Gasteiger partial charge in [-0.05, 0) is 43.0 Å². The molecule has 1 heterocycles. The third-order valence-electron chi connectivity index (χ3n) is 6.10. The molecule has 5 nitrogen and oxygen atoms in total. The maximum absolute atomic E-state index is 12.9. The van der Waals surface area contributed by atoms with Gasteiger partial charge in [-0.2, -0.15) is 0 Å². The Labute approximate surface area is 173 Å². The minimum atomic E-state index is -0.310. The molecule has 1 atom stereocenters. The van der Waals surface area contributed by atoms with E-state index in [2.05, 4.69) is 29.3 Å². The molecule has 4 rings (SSSR count). The first-order chi connectivity index (χ1) is 14.1. The highest BCUT2D eigenvalue weighted by Crippen LogP contribution is 2.48. The molecule has 2 aliphatic rings. The van der Waals surface area contributed by atoms with Crippen LogP contribution in [0.25, 0.3) is 0 Å². The van der Waals surface area contributed by atoms with E-state index < -0.39 is 0 Å². The third-order valence-corrected chi connectivity index (χ3v) is 6.10. The van der Waals surface area contributed by atoms with E-state index in [1.54, 1.807) is 7.11 Å². The number of fused-ring (bicyclic) bond motifs is 1. The first-order valence-corrected chi connectivity index (χ1v) is 10.5. The zero-order valence-electron chi connectivity index (χ0n) is 17.3. The van der Waals surface area contributed by atoms with Gasteiger partial charge in [0.05, 0.1) is 12.5 Å². The molecule has 1 saturated carbocycles. The van der Waals surface area contributed by atoms with Gasteiger partial charge in [-0.1, -0.05) is 37.3 Å². The fourth-order valence-corrected chi connectivity index (χ4v) is 4.14. The summed E-state index contributed by atoms with van der Waals surface area (Å²) in [5.74, 6) is 1.93. The normalized spacial score (nSPS) is 20.1.